The van der Waals surface area contributed by atoms with E-state index in [1.165, 1.54) is 0 Å². The lowest BCUT2D eigenvalue weighted by Gasteiger charge is -2.14. The van der Waals surface area contributed by atoms with Crippen molar-refractivity contribution in [3.05, 3.63) is 47.1 Å². The lowest BCUT2D eigenvalue weighted by atomic mass is 10.1. The molecule has 3 N–H and O–H groups in total. The molecular weight excluding hydrogens is 312 g/mol. The number of rotatable bonds is 6. The molecule has 0 aliphatic heterocycles. The number of ether oxygens (including phenoxy) is 2. The van der Waals surface area contributed by atoms with Gasteiger partial charge in [-0.15, -0.1) is 11.3 Å². The Kier molecular flexibility index (Phi) is 4.59. The highest BCUT2D eigenvalue weighted by molar-refractivity contribution is 7.13. The van der Waals surface area contributed by atoms with Crippen LogP contribution in [0.5, 0.6) is 11.5 Å². The van der Waals surface area contributed by atoms with E-state index < -0.39 is 6.04 Å². The smallest absolute Gasteiger partial charge is 0.191 e. The van der Waals surface area contributed by atoms with Gasteiger partial charge in [-0.1, -0.05) is 12.1 Å². The van der Waals surface area contributed by atoms with Gasteiger partial charge in [0.1, 0.15) is 5.82 Å². The topological polar surface area (TPSA) is 86.0 Å². The predicted molar refractivity (Wildman–Crippen MR) is 89.9 cm³/mol. The number of hydrogen-bond donors (Lipinski definition) is 2. The van der Waals surface area contributed by atoms with Crippen LogP contribution in [0.4, 0.5) is 0 Å². The van der Waals surface area contributed by atoms with Crippen molar-refractivity contribution in [1.29, 1.82) is 0 Å². The monoisotopic (exact) mass is 330 g/mol. The molecule has 120 valence electrons. The second kappa shape index (κ2) is 6.80. The maximum absolute atomic E-state index is 6.31. The van der Waals surface area contributed by atoms with Crippen LogP contribution >= 0.6 is 11.3 Å². The summed E-state index contributed by atoms with van der Waals surface area (Å²) in [6, 6.07) is 9.15. The van der Waals surface area contributed by atoms with Crippen molar-refractivity contribution in [2.24, 2.45) is 5.73 Å². The van der Waals surface area contributed by atoms with Crippen LogP contribution in [0.3, 0.4) is 0 Å². The van der Waals surface area contributed by atoms with Gasteiger partial charge < -0.3 is 15.2 Å². The van der Waals surface area contributed by atoms with Crippen LogP contribution in [0.25, 0.3) is 10.7 Å². The summed E-state index contributed by atoms with van der Waals surface area (Å²) in [7, 11) is 1.61. The lowest BCUT2D eigenvalue weighted by molar-refractivity contribution is 0.310. The summed E-state index contributed by atoms with van der Waals surface area (Å²) in [6.07, 6.45) is 0. The van der Waals surface area contributed by atoms with E-state index in [4.69, 9.17) is 15.2 Å². The molecule has 2 heterocycles. The number of hydrogen-bond acceptors (Lipinski definition) is 6. The summed E-state index contributed by atoms with van der Waals surface area (Å²) >= 11 is 1.59. The maximum atomic E-state index is 6.31. The van der Waals surface area contributed by atoms with E-state index in [2.05, 4.69) is 15.2 Å². The molecule has 0 radical (unpaired) electrons. The van der Waals surface area contributed by atoms with Gasteiger partial charge in [0.25, 0.3) is 0 Å². The molecule has 6 nitrogen and oxygen atoms in total. The van der Waals surface area contributed by atoms with Crippen molar-refractivity contribution >= 4 is 11.3 Å². The Labute approximate surface area is 138 Å². The van der Waals surface area contributed by atoms with Gasteiger partial charge in [-0.2, -0.15) is 5.10 Å². The van der Waals surface area contributed by atoms with E-state index in [1.807, 2.05) is 42.6 Å². The number of aromatic amines is 1. The van der Waals surface area contributed by atoms with Crippen molar-refractivity contribution < 1.29 is 9.47 Å². The molecule has 0 amide bonds. The first-order valence-electron chi connectivity index (χ1n) is 7.25. The van der Waals surface area contributed by atoms with E-state index in [-0.39, 0.29) is 0 Å². The predicted octanol–water partition coefficient (Wildman–Crippen LogP) is 2.99. The Bertz CT molecular complexity index is 770. The first kappa shape index (κ1) is 15.5. The molecule has 3 rings (SSSR count). The van der Waals surface area contributed by atoms with Crippen LogP contribution in [-0.2, 0) is 0 Å². The van der Waals surface area contributed by atoms with Gasteiger partial charge >= 0.3 is 0 Å². The molecule has 0 saturated heterocycles. The first-order valence-corrected chi connectivity index (χ1v) is 8.13. The van der Waals surface area contributed by atoms with E-state index in [0.29, 0.717) is 29.8 Å². The van der Waals surface area contributed by atoms with Gasteiger partial charge in [-0.25, -0.2) is 4.98 Å². The van der Waals surface area contributed by atoms with E-state index in [9.17, 15) is 0 Å². The standard InChI is InChI=1S/C16H18N4O2S/c1-3-22-12-9-10(6-7-11(12)21-2)14(17)16-18-15(19-20-16)13-5-4-8-23-13/h4-9,14H,3,17H2,1-2H3,(H,18,19,20)/t14-/m1/s1. The van der Waals surface area contributed by atoms with Crippen LogP contribution in [0.1, 0.15) is 24.4 Å². The van der Waals surface area contributed by atoms with Crippen LogP contribution in [-0.4, -0.2) is 28.9 Å². The van der Waals surface area contributed by atoms with Crippen molar-refractivity contribution in [3.8, 4) is 22.2 Å². The minimum atomic E-state index is -0.415. The number of nitrogens with zero attached hydrogens (tertiary/aromatic N) is 2. The van der Waals surface area contributed by atoms with Crippen LogP contribution < -0.4 is 15.2 Å². The number of nitrogens with two attached hydrogens (primary N) is 1. The SMILES string of the molecule is CCOc1cc([C@@H](N)c2nc(-c3cccs3)n[nH]2)ccc1OC. The van der Waals surface area contributed by atoms with Crippen LogP contribution in [0.2, 0.25) is 0 Å². The zero-order valence-electron chi connectivity index (χ0n) is 12.9. The fourth-order valence-electron chi connectivity index (χ4n) is 2.24. The summed E-state index contributed by atoms with van der Waals surface area (Å²) in [5.41, 5.74) is 7.19. The number of nitrogens with one attached hydrogen (secondary N) is 1. The lowest BCUT2D eigenvalue weighted by Crippen LogP contribution is -2.14. The van der Waals surface area contributed by atoms with Crippen molar-refractivity contribution in [3.63, 3.8) is 0 Å². The van der Waals surface area contributed by atoms with Gasteiger partial charge in [0, 0.05) is 0 Å². The molecule has 0 bridgehead atoms. The van der Waals surface area contributed by atoms with Gasteiger partial charge in [0.2, 0.25) is 0 Å². The molecule has 0 fully saturated rings. The fourth-order valence-corrected chi connectivity index (χ4v) is 2.90. The van der Waals surface area contributed by atoms with Crippen LogP contribution in [0, 0.1) is 0 Å². The van der Waals surface area contributed by atoms with E-state index >= 15 is 0 Å². The number of benzene rings is 1. The molecule has 0 aliphatic rings. The molecular formula is C16H18N4O2S. The third kappa shape index (κ3) is 3.20. The molecule has 1 atom stereocenters. The van der Waals surface area contributed by atoms with Crippen molar-refractivity contribution in [2.45, 2.75) is 13.0 Å². The summed E-state index contributed by atoms with van der Waals surface area (Å²) in [5.74, 6) is 2.62. The molecule has 23 heavy (non-hydrogen) atoms. The summed E-state index contributed by atoms with van der Waals surface area (Å²) in [4.78, 5) is 5.50. The average molecular weight is 330 g/mol. The largest absolute Gasteiger partial charge is 0.493 e. The van der Waals surface area contributed by atoms with E-state index in [1.54, 1.807) is 18.4 Å². The first-order chi connectivity index (χ1) is 11.2. The highest BCUT2D eigenvalue weighted by Gasteiger charge is 2.17. The number of H-pyrrole nitrogens is 1. The Morgan fingerprint density at radius 2 is 2.17 bits per heavy atom. The van der Waals surface area contributed by atoms with Crippen molar-refractivity contribution in [1.82, 2.24) is 15.2 Å². The third-order valence-electron chi connectivity index (χ3n) is 3.39. The van der Waals surface area contributed by atoms with Crippen LogP contribution in [0.15, 0.2) is 35.7 Å². The second-order valence-electron chi connectivity index (χ2n) is 4.84. The Morgan fingerprint density at radius 3 is 2.87 bits per heavy atom. The molecule has 2 aromatic heterocycles. The molecule has 7 heteroatoms. The second-order valence-corrected chi connectivity index (χ2v) is 5.79. The highest BCUT2D eigenvalue weighted by Crippen LogP contribution is 2.31. The molecule has 3 aromatic rings. The number of thiophene rings is 1. The normalized spacial score (nSPS) is 12.1. The summed E-state index contributed by atoms with van der Waals surface area (Å²) < 4.78 is 10.9. The minimum absolute atomic E-state index is 0.415. The summed E-state index contributed by atoms with van der Waals surface area (Å²) in [6.45, 7) is 2.48. The number of aromatic nitrogens is 3. The quantitative estimate of drug-likeness (QED) is 0.725. The van der Waals surface area contributed by atoms with Gasteiger partial charge in [-0.3, -0.25) is 5.10 Å². The molecule has 1 aromatic carbocycles. The Balaban J connectivity index is 1.88. The fraction of sp³-hybridized carbons (Fsp3) is 0.250. The molecule has 0 saturated carbocycles. The van der Waals surface area contributed by atoms with Gasteiger partial charge in [-0.05, 0) is 36.1 Å². The van der Waals surface area contributed by atoms with Gasteiger partial charge in [0.15, 0.2) is 17.3 Å². The summed E-state index contributed by atoms with van der Waals surface area (Å²) in [5, 5.41) is 9.15. The Hall–Kier alpha value is -2.38. The van der Waals surface area contributed by atoms with Crippen molar-refractivity contribution in [2.75, 3.05) is 13.7 Å². The molecule has 0 aliphatic carbocycles. The maximum Gasteiger partial charge on any atom is 0.191 e. The zero-order valence-corrected chi connectivity index (χ0v) is 13.8. The number of methoxy groups -OCH3 is 1. The minimum Gasteiger partial charge on any atom is -0.493 e. The van der Waals surface area contributed by atoms with Gasteiger partial charge in [0.05, 0.1) is 24.6 Å². The zero-order chi connectivity index (χ0) is 16.2. The van der Waals surface area contributed by atoms with E-state index in [0.717, 1.165) is 10.4 Å². The highest BCUT2D eigenvalue weighted by atomic mass is 32.1. The third-order valence-corrected chi connectivity index (χ3v) is 4.25. The average Bonchev–Trinajstić information content (AvgIpc) is 3.25. The molecule has 0 unspecified atom stereocenters. The Morgan fingerprint density at radius 1 is 1.30 bits per heavy atom. The molecule has 0 spiro atoms.